The van der Waals surface area contributed by atoms with Gasteiger partial charge in [0.05, 0.1) is 10.9 Å². The number of anilines is 1. The Bertz CT molecular complexity index is 1070. The van der Waals surface area contributed by atoms with Gasteiger partial charge in [0.25, 0.3) is 0 Å². The van der Waals surface area contributed by atoms with Crippen molar-refractivity contribution in [2.75, 3.05) is 37.6 Å². The zero-order valence-electron chi connectivity index (χ0n) is 17.0. The third-order valence-electron chi connectivity index (χ3n) is 6.09. The Morgan fingerprint density at radius 3 is 2.67 bits per heavy atom. The third-order valence-corrected chi connectivity index (χ3v) is 6.09. The summed E-state index contributed by atoms with van der Waals surface area (Å²) in [5.41, 5.74) is 1.91. The van der Waals surface area contributed by atoms with Crippen LogP contribution in [0.15, 0.2) is 47.8 Å². The van der Waals surface area contributed by atoms with Crippen LogP contribution in [0.5, 0.6) is 5.88 Å². The first-order valence-electron chi connectivity index (χ1n) is 10.7. The van der Waals surface area contributed by atoms with Crippen LogP contribution in [0, 0.1) is 0 Å². The first-order valence-corrected chi connectivity index (χ1v) is 10.7. The fraction of sp³-hybridized carbons (Fsp3) is 0.455. The molecule has 0 atom stereocenters. The topological polar surface area (TPSA) is 76.4 Å². The molecule has 0 unspecified atom stereocenters. The molecule has 1 saturated heterocycles. The Hall–Kier alpha value is -3.00. The fourth-order valence-electron chi connectivity index (χ4n) is 3.99. The Morgan fingerprint density at radius 2 is 1.90 bits per heavy atom. The summed E-state index contributed by atoms with van der Waals surface area (Å²) in [7, 11) is 0. The highest BCUT2D eigenvalue weighted by Crippen LogP contribution is 2.31. The molecule has 5 rings (SSSR count). The van der Waals surface area contributed by atoms with E-state index in [2.05, 4.69) is 43.0 Å². The van der Waals surface area contributed by atoms with E-state index >= 15 is 0 Å². The molecule has 30 heavy (non-hydrogen) atoms. The lowest BCUT2D eigenvalue weighted by atomic mass is 9.96. The SMILES string of the molecule is O=c1ncccn1CCN1CCN(c2ccc3ncnc(OC4CCC4)c3c2)CC1. The van der Waals surface area contributed by atoms with E-state index in [-0.39, 0.29) is 5.69 Å². The lowest BCUT2D eigenvalue weighted by molar-refractivity contribution is 0.116. The van der Waals surface area contributed by atoms with Gasteiger partial charge in [-0.15, -0.1) is 0 Å². The minimum atomic E-state index is -0.186. The molecule has 2 aliphatic rings. The molecule has 0 bridgehead atoms. The molecule has 1 aliphatic heterocycles. The molecule has 156 valence electrons. The molecule has 0 N–H and O–H groups in total. The molecule has 3 heterocycles. The van der Waals surface area contributed by atoms with E-state index in [1.807, 2.05) is 0 Å². The molecule has 0 radical (unpaired) electrons. The first kappa shape index (κ1) is 19.0. The molecule has 0 spiro atoms. The maximum absolute atomic E-state index is 11.8. The summed E-state index contributed by atoms with van der Waals surface area (Å²) in [6.07, 6.45) is 8.67. The fourth-order valence-corrected chi connectivity index (χ4v) is 3.99. The smallest absolute Gasteiger partial charge is 0.347 e. The van der Waals surface area contributed by atoms with Crippen LogP contribution in [0.25, 0.3) is 10.9 Å². The second-order valence-electron chi connectivity index (χ2n) is 7.98. The van der Waals surface area contributed by atoms with Gasteiger partial charge < -0.3 is 9.64 Å². The maximum Gasteiger partial charge on any atom is 0.347 e. The number of aromatic nitrogens is 4. The number of hydrogen-bond acceptors (Lipinski definition) is 7. The molecule has 1 saturated carbocycles. The van der Waals surface area contributed by atoms with Crippen molar-refractivity contribution in [3.05, 3.63) is 53.5 Å². The number of ether oxygens (including phenoxy) is 1. The number of nitrogens with zero attached hydrogens (tertiary/aromatic N) is 6. The van der Waals surface area contributed by atoms with Crippen molar-refractivity contribution in [2.45, 2.75) is 31.9 Å². The van der Waals surface area contributed by atoms with Crippen molar-refractivity contribution in [3.63, 3.8) is 0 Å². The summed E-state index contributed by atoms with van der Waals surface area (Å²) < 4.78 is 7.76. The van der Waals surface area contributed by atoms with E-state index in [1.165, 1.54) is 18.3 Å². The molecule has 2 fully saturated rings. The average molecular weight is 406 g/mol. The summed E-state index contributed by atoms with van der Waals surface area (Å²) in [4.78, 5) is 29.2. The number of benzene rings is 1. The van der Waals surface area contributed by atoms with Gasteiger partial charge in [-0.05, 0) is 43.5 Å². The Labute approximate surface area is 175 Å². The van der Waals surface area contributed by atoms with Crippen LogP contribution >= 0.6 is 0 Å². The van der Waals surface area contributed by atoms with Crippen molar-refractivity contribution in [3.8, 4) is 5.88 Å². The van der Waals surface area contributed by atoms with E-state index in [0.717, 1.165) is 56.5 Å². The Kier molecular flexibility index (Phi) is 5.31. The quantitative estimate of drug-likeness (QED) is 0.619. The second kappa shape index (κ2) is 8.39. The highest BCUT2D eigenvalue weighted by atomic mass is 16.5. The van der Waals surface area contributed by atoms with E-state index in [9.17, 15) is 4.79 Å². The number of piperazine rings is 1. The third kappa shape index (κ3) is 4.00. The van der Waals surface area contributed by atoms with E-state index in [0.29, 0.717) is 18.5 Å². The number of hydrogen-bond donors (Lipinski definition) is 0. The Morgan fingerprint density at radius 1 is 1.03 bits per heavy atom. The highest BCUT2D eigenvalue weighted by Gasteiger charge is 2.22. The van der Waals surface area contributed by atoms with Gasteiger partial charge >= 0.3 is 5.69 Å². The summed E-state index contributed by atoms with van der Waals surface area (Å²) in [5.74, 6) is 0.701. The van der Waals surface area contributed by atoms with E-state index in [1.54, 1.807) is 23.2 Å². The first-order chi connectivity index (χ1) is 14.8. The minimum absolute atomic E-state index is 0.186. The summed E-state index contributed by atoms with van der Waals surface area (Å²) in [5, 5.41) is 0.986. The molecule has 3 aromatic rings. The van der Waals surface area contributed by atoms with Crippen LogP contribution in [-0.4, -0.2) is 63.2 Å². The normalized spacial score (nSPS) is 17.8. The van der Waals surface area contributed by atoms with Gasteiger partial charge in [-0.25, -0.2) is 19.7 Å². The Balaban J connectivity index is 1.24. The number of fused-ring (bicyclic) bond motifs is 1. The van der Waals surface area contributed by atoms with E-state index in [4.69, 9.17) is 4.74 Å². The van der Waals surface area contributed by atoms with Crippen LogP contribution < -0.4 is 15.3 Å². The highest BCUT2D eigenvalue weighted by molar-refractivity contribution is 5.86. The predicted molar refractivity (Wildman–Crippen MR) is 115 cm³/mol. The van der Waals surface area contributed by atoms with Crippen LogP contribution in [0.4, 0.5) is 5.69 Å². The molecule has 1 aromatic carbocycles. The zero-order chi connectivity index (χ0) is 20.3. The maximum atomic E-state index is 11.8. The van der Waals surface area contributed by atoms with Crippen LogP contribution in [-0.2, 0) is 6.54 Å². The van der Waals surface area contributed by atoms with Crippen molar-refractivity contribution in [2.24, 2.45) is 0 Å². The van der Waals surface area contributed by atoms with Crippen molar-refractivity contribution in [1.29, 1.82) is 0 Å². The summed E-state index contributed by atoms with van der Waals surface area (Å²) in [6.45, 7) is 5.33. The molecular formula is C22H26N6O2. The van der Waals surface area contributed by atoms with Gasteiger partial charge in [0, 0.05) is 57.3 Å². The molecular weight excluding hydrogens is 380 g/mol. The summed E-state index contributed by atoms with van der Waals surface area (Å²) in [6, 6.07) is 8.15. The van der Waals surface area contributed by atoms with Gasteiger partial charge in [-0.1, -0.05) is 0 Å². The van der Waals surface area contributed by atoms with Gasteiger partial charge in [-0.3, -0.25) is 9.47 Å². The lowest BCUT2D eigenvalue weighted by Crippen LogP contribution is -2.47. The zero-order valence-corrected chi connectivity index (χ0v) is 17.0. The standard InChI is InChI=1S/C22H26N6O2/c29-22-23-7-2-8-28(22)14-11-26-9-12-27(13-10-26)17-5-6-20-19(15-17)21(25-16-24-20)30-18-3-1-4-18/h2,5-8,15-16,18H,1,3-4,9-14H2. The van der Waals surface area contributed by atoms with Crippen LogP contribution in [0.3, 0.4) is 0 Å². The second-order valence-corrected chi connectivity index (χ2v) is 7.98. The summed E-state index contributed by atoms with van der Waals surface area (Å²) >= 11 is 0. The largest absolute Gasteiger partial charge is 0.474 e. The van der Waals surface area contributed by atoms with Crippen molar-refractivity contribution in [1.82, 2.24) is 24.4 Å². The number of rotatable bonds is 6. The molecule has 2 aromatic heterocycles. The van der Waals surface area contributed by atoms with Crippen LogP contribution in [0.1, 0.15) is 19.3 Å². The average Bonchev–Trinajstić information content (AvgIpc) is 2.76. The van der Waals surface area contributed by atoms with Gasteiger partial charge in [0.2, 0.25) is 5.88 Å². The van der Waals surface area contributed by atoms with E-state index < -0.39 is 0 Å². The monoisotopic (exact) mass is 406 g/mol. The lowest BCUT2D eigenvalue weighted by Gasteiger charge is -2.36. The van der Waals surface area contributed by atoms with Crippen molar-refractivity contribution >= 4 is 16.6 Å². The van der Waals surface area contributed by atoms with Gasteiger partial charge in [0.1, 0.15) is 12.4 Å². The van der Waals surface area contributed by atoms with Gasteiger partial charge in [-0.2, -0.15) is 0 Å². The van der Waals surface area contributed by atoms with Crippen LogP contribution in [0.2, 0.25) is 0 Å². The predicted octanol–water partition coefficient (Wildman–Crippen LogP) is 1.94. The molecule has 8 nitrogen and oxygen atoms in total. The minimum Gasteiger partial charge on any atom is -0.474 e. The molecule has 0 amide bonds. The molecule has 8 heteroatoms. The van der Waals surface area contributed by atoms with Gasteiger partial charge in [0.15, 0.2) is 0 Å². The molecule has 1 aliphatic carbocycles. The van der Waals surface area contributed by atoms with Crippen molar-refractivity contribution < 1.29 is 4.74 Å².